The van der Waals surface area contributed by atoms with E-state index in [9.17, 15) is 0 Å². The van der Waals surface area contributed by atoms with Crippen LogP contribution in [0.4, 0.5) is 5.69 Å². The highest BCUT2D eigenvalue weighted by Crippen LogP contribution is 2.29. The van der Waals surface area contributed by atoms with Crippen LogP contribution >= 0.6 is 0 Å². The van der Waals surface area contributed by atoms with E-state index in [0.717, 1.165) is 35.1 Å². The minimum absolute atomic E-state index is 0.903. The summed E-state index contributed by atoms with van der Waals surface area (Å²) >= 11 is 0. The number of para-hydroxylation sites is 1. The van der Waals surface area contributed by atoms with Crippen LogP contribution in [0.25, 0.3) is 17.0 Å². The molecule has 0 unspecified atom stereocenters. The molecule has 0 saturated heterocycles. The molecule has 0 aliphatic heterocycles. The Labute approximate surface area is 88.4 Å². The number of allylic oxidation sites excluding steroid dienone is 1. The van der Waals surface area contributed by atoms with Crippen LogP contribution < -0.4 is 5.73 Å². The van der Waals surface area contributed by atoms with Gasteiger partial charge in [0.25, 0.3) is 0 Å². The summed E-state index contributed by atoms with van der Waals surface area (Å²) in [5, 5.41) is 1.08. The second-order valence-corrected chi connectivity index (χ2v) is 3.85. The minimum atomic E-state index is 0.903. The number of pyridine rings is 1. The van der Waals surface area contributed by atoms with Crippen molar-refractivity contribution in [2.24, 2.45) is 0 Å². The molecule has 1 heterocycles. The van der Waals surface area contributed by atoms with Crippen LogP contribution in [-0.4, -0.2) is 4.98 Å². The Morgan fingerprint density at radius 2 is 2.07 bits per heavy atom. The molecule has 1 aliphatic carbocycles. The molecule has 1 aliphatic rings. The molecule has 1 aromatic carbocycles. The van der Waals surface area contributed by atoms with Crippen LogP contribution in [-0.2, 0) is 6.42 Å². The van der Waals surface area contributed by atoms with Gasteiger partial charge >= 0.3 is 0 Å². The van der Waals surface area contributed by atoms with Gasteiger partial charge in [-0.1, -0.05) is 24.3 Å². The van der Waals surface area contributed by atoms with E-state index in [1.54, 1.807) is 0 Å². The molecule has 0 spiro atoms. The van der Waals surface area contributed by atoms with E-state index in [2.05, 4.69) is 17.1 Å². The Balaban J connectivity index is 2.42. The monoisotopic (exact) mass is 196 g/mol. The van der Waals surface area contributed by atoms with Crippen LogP contribution in [0.5, 0.6) is 0 Å². The van der Waals surface area contributed by atoms with Gasteiger partial charge in [0.15, 0.2) is 0 Å². The first-order valence-electron chi connectivity index (χ1n) is 5.20. The third kappa shape index (κ3) is 1.22. The molecule has 15 heavy (non-hydrogen) atoms. The predicted molar refractivity (Wildman–Crippen MR) is 63.5 cm³/mol. The van der Waals surface area contributed by atoms with Crippen LogP contribution in [0, 0.1) is 0 Å². The van der Waals surface area contributed by atoms with E-state index in [1.165, 1.54) is 5.56 Å². The van der Waals surface area contributed by atoms with Crippen molar-refractivity contribution >= 4 is 22.7 Å². The number of nitrogens with two attached hydrogens (primary N) is 1. The van der Waals surface area contributed by atoms with E-state index >= 15 is 0 Å². The molecule has 0 amide bonds. The lowest BCUT2D eigenvalue weighted by molar-refractivity contribution is 0.976. The number of rotatable bonds is 0. The Morgan fingerprint density at radius 1 is 1.20 bits per heavy atom. The smallest absolute Gasteiger partial charge is 0.0730 e. The molecule has 74 valence electrons. The zero-order valence-electron chi connectivity index (χ0n) is 8.40. The summed E-state index contributed by atoms with van der Waals surface area (Å²) in [7, 11) is 0. The maximum Gasteiger partial charge on any atom is 0.0730 e. The highest BCUT2D eigenvalue weighted by molar-refractivity contribution is 5.93. The zero-order valence-corrected chi connectivity index (χ0v) is 8.40. The number of anilines is 1. The lowest BCUT2D eigenvalue weighted by atomic mass is 9.98. The normalized spacial score (nSPS) is 14.1. The average Bonchev–Trinajstić information content (AvgIpc) is 2.30. The summed E-state index contributed by atoms with van der Waals surface area (Å²) < 4.78 is 0. The summed E-state index contributed by atoms with van der Waals surface area (Å²) in [6, 6.07) is 8.05. The third-order valence-corrected chi connectivity index (χ3v) is 2.91. The highest BCUT2D eigenvalue weighted by Gasteiger charge is 2.12. The lowest BCUT2D eigenvalue weighted by Crippen LogP contribution is -2.03. The fourth-order valence-electron chi connectivity index (χ4n) is 2.12. The van der Waals surface area contributed by atoms with Crippen molar-refractivity contribution in [3.8, 4) is 0 Å². The molecule has 2 nitrogen and oxygen atoms in total. The number of benzene rings is 1. The van der Waals surface area contributed by atoms with Gasteiger partial charge < -0.3 is 5.73 Å². The van der Waals surface area contributed by atoms with Crippen molar-refractivity contribution in [2.45, 2.75) is 12.8 Å². The molecule has 2 aromatic rings. The van der Waals surface area contributed by atoms with E-state index in [-0.39, 0.29) is 0 Å². The summed E-state index contributed by atoms with van der Waals surface area (Å²) in [6.07, 6.45) is 6.30. The Bertz CT molecular complexity index is 556. The maximum atomic E-state index is 6.17. The van der Waals surface area contributed by atoms with E-state index in [1.807, 2.05) is 24.3 Å². The SMILES string of the molecule is Nc1c2c(nc3ccccc13)C=CCC2. The van der Waals surface area contributed by atoms with Gasteiger partial charge in [-0.05, 0) is 25.0 Å². The Kier molecular flexibility index (Phi) is 1.75. The van der Waals surface area contributed by atoms with E-state index in [4.69, 9.17) is 5.73 Å². The quantitative estimate of drug-likeness (QED) is 0.703. The molecule has 1 aromatic heterocycles. The molecule has 0 bridgehead atoms. The summed E-state index contributed by atoms with van der Waals surface area (Å²) in [6.45, 7) is 0. The van der Waals surface area contributed by atoms with Gasteiger partial charge in [0.2, 0.25) is 0 Å². The minimum Gasteiger partial charge on any atom is -0.398 e. The van der Waals surface area contributed by atoms with Gasteiger partial charge in [0.05, 0.1) is 11.2 Å². The zero-order chi connectivity index (χ0) is 10.3. The summed E-state index contributed by atoms with van der Waals surface area (Å²) in [5.41, 5.74) is 10.3. The fourth-order valence-corrected chi connectivity index (χ4v) is 2.12. The van der Waals surface area contributed by atoms with Gasteiger partial charge in [-0.2, -0.15) is 0 Å². The molecule has 0 fully saturated rings. The van der Waals surface area contributed by atoms with E-state index < -0.39 is 0 Å². The molecular formula is C13H12N2. The van der Waals surface area contributed by atoms with Gasteiger partial charge in [0, 0.05) is 16.6 Å². The Morgan fingerprint density at radius 3 is 3.00 bits per heavy atom. The number of nitrogen functional groups attached to an aromatic ring is 1. The van der Waals surface area contributed by atoms with Gasteiger partial charge in [-0.3, -0.25) is 0 Å². The molecule has 0 radical (unpaired) electrons. The van der Waals surface area contributed by atoms with Gasteiger partial charge in [-0.15, -0.1) is 0 Å². The average molecular weight is 196 g/mol. The van der Waals surface area contributed by atoms with Crippen molar-refractivity contribution in [1.29, 1.82) is 0 Å². The topological polar surface area (TPSA) is 38.9 Å². The summed E-state index contributed by atoms with van der Waals surface area (Å²) in [4.78, 5) is 4.61. The second kappa shape index (κ2) is 3.09. The van der Waals surface area contributed by atoms with Crippen molar-refractivity contribution in [3.63, 3.8) is 0 Å². The first-order chi connectivity index (χ1) is 7.36. The van der Waals surface area contributed by atoms with Crippen LogP contribution in [0.3, 0.4) is 0 Å². The number of aromatic nitrogens is 1. The standard InChI is InChI=1S/C13H12N2/c14-13-9-5-1-3-7-11(9)15-12-8-4-2-6-10(12)13/h1,3-5,7-8H,2,6H2,(H2,14,15). The molecular weight excluding hydrogens is 184 g/mol. The molecule has 3 rings (SSSR count). The van der Waals surface area contributed by atoms with Crippen molar-refractivity contribution in [2.75, 3.05) is 5.73 Å². The number of nitrogens with zero attached hydrogens (tertiary/aromatic N) is 1. The number of hydrogen-bond donors (Lipinski definition) is 1. The second-order valence-electron chi connectivity index (χ2n) is 3.85. The molecule has 0 saturated carbocycles. The first-order valence-corrected chi connectivity index (χ1v) is 5.20. The van der Waals surface area contributed by atoms with E-state index in [0.29, 0.717) is 0 Å². The number of fused-ring (bicyclic) bond motifs is 2. The van der Waals surface area contributed by atoms with Crippen LogP contribution in [0.2, 0.25) is 0 Å². The van der Waals surface area contributed by atoms with Crippen molar-refractivity contribution in [3.05, 3.63) is 41.6 Å². The lowest BCUT2D eigenvalue weighted by Gasteiger charge is -2.14. The van der Waals surface area contributed by atoms with Crippen molar-refractivity contribution in [1.82, 2.24) is 4.98 Å². The molecule has 2 N–H and O–H groups in total. The number of hydrogen-bond acceptors (Lipinski definition) is 2. The molecule has 0 atom stereocenters. The third-order valence-electron chi connectivity index (χ3n) is 2.91. The highest BCUT2D eigenvalue weighted by atomic mass is 14.7. The predicted octanol–water partition coefficient (Wildman–Crippen LogP) is 2.78. The Hall–Kier alpha value is -1.83. The van der Waals surface area contributed by atoms with Crippen LogP contribution in [0.1, 0.15) is 17.7 Å². The van der Waals surface area contributed by atoms with Gasteiger partial charge in [-0.25, -0.2) is 4.98 Å². The van der Waals surface area contributed by atoms with Crippen LogP contribution in [0.15, 0.2) is 30.3 Å². The van der Waals surface area contributed by atoms with Crippen molar-refractivity contribution < 1.29 is 0 Å². The fraction of sp³-hybridized carbons (Fsp3) is 0.154. The summed E-state index contributed by atoms with van der Waals surface area (Å²) in [5.74, 6) is 0. The van der Waals surface area contributed by atoms with Gasteiger partial charge in [0.1, 0.15) is 0 Å². The maximum absolute atomic E-state index is 6.17. The molecule has 2 heteroatoms. The largest absolute Gasteiger partial charge is 0.398 e. The first kappa shape index (κ1) is 8.48.